The molecule has 0 aromatic carbocycles. The van der Waals surface area contributed by atoms with E-state index in [0.717, 1.165) is 38.9 Å². The molecule has 2 rings (SSSR count). The predicted octanol–water partition coefficient (Wildman–Crippen LogP) is 2.12. The third-order valence-electron chi connectivity index (χ3n) is 5.46. The van der Waals surface area contributed by atoms with Crippen LogP contribution < -0.4 is 5.32 Å². The number of hydrogen-bond donors (Lipinski definition) is 1. The van der Waals surface area contributed by atoms with Gasteiger partial charge in [0.15, 0.2) is 0 Å². The van der Waals surface area contributed by atoms with Crippen molar-refractivity contribution in [1.29, 1.82) is 0 Å². The number of carbonyl (C=O) groups excluding carboxylic acids is 2. The summed E-state index contributed by atoms with van der Waals surface area (Å²) in [5, 5.41) is 2.80. The van der Waals surface area contributed by atoms with E-state index in [9.17, 15) is 9.59 Å². The van der Waals surface area contributed by atoms with Gasteiger partial charge in [-0.05, 0) is 51.1 Å². The van der Waals surface area contributed by atoms with Crippen molar-refractivity contribution in [2.24, 2.45) is 5.92 Å². The molecule has 144 valence electrons. The smallest absolute Gasteiger partial charge is 0.328 e. The Morgan fingerprint density at radius 1 is 1.12 bits per heavy atom. The monoisotopic (exact) mass is 354 g/mol. The molecule has 6 heteroatoms. The van der Waals surface area contributed by atoms with Crippen molar-refractivity contribution in [3.8, 4) is 0 Å². The fourth-order valence-corrected chi connectivity index (χ4v) is 3.83. The van der Waals surface area contributed by atoms with Crippen LogP contribution in [-0.2, 0) is 19.1 Å². The first kappa shape index (κ1) is 20.2. The van der Waals surface area contributed by atoms with E-state index in [0.29, 0.717) is 12.3 Å². The average molecular weight is 354 g/mol. The van der Waals surface area contributed by atoms with Crippen LogP contribution in [0.25, 0.3) is 0 Å². The first-order valence-corrected chi connectivity index (χ1v) is 9.81. The second-order valence-electron chi connectivity index (χ2n) is 7.45. The van der Waals surface area contributed by atoms with Gasteiger partial charge in [-0.3, -0.25) is 4.79 Å². The number of amides is 1. The van der Waals surface area contributed by atoms with Gasteiger partial charge in [-0.25, -0.2) is 4.79 Å². The summed E-state index contributed by atoms with van der Waals surface area (Å²) in [6.07, 6.45) is 9.03. The summed E-state index contributed by atoms with van der Waals surface area (Å²) in [6, 6.07) is -0.591. The molecule has 1 aliphatic carbocycles. The second kappa shape index (κ2) is 10.8. The van der Waals surface area contributed by atoms with Crippen molar-refractivity contribution >= 4 is 11.9 Å². The van der Waals surface area contributed by atoms with Gasteiger partial charge in [0, 0.05) is 6.54 Å². The lowest BCUT2D eigenvalue weighted by molar-refractivity contribution is -0.146. The van der Waals surface area contributed by atoms with E-state index in [-0.39, 0.29) is 24.6 Å². The van der Waals surface area contributed by atoms with Gasteiger partial charge in [0.1, 0.15) is 12.6 Å². The molecule has 0 spiro atoms. The maximum Gasteiger partial charge on any atom is 0.328 e. The molecule has 0 radical (unpaired) electrons. The highest BCUT2D eigenvalue weighted by molar-refractivity contribution is 5.85. The highest BCUT2D eigenvalue weighted by atomic mass is 16.5. The number of ether oxygens (including phenoxy) is 2. The Labute approximate surface area is 151 Å². The molecule has 0 bridgehead atoms. The first-order chi connectivity index (χ1) is 12.1. The van der Waals surface area contributed by atoms with Gasteiger partial charge < -0.3 is 19.7 Å². The van der Waals surface area contributed by atoms with Gasteiger partial charge in [-0.1, -0.05) is 26.2 Å². The maximum atomic E-state index is 12.2. The minimum Gasteiger partial charge on any atom is -0.467 e. The van der Waals surface area contributed by atoms with Crippen LogP contribution in [0.3, 0.4) is 0 Å². The highest BCUT2D eigenvalue weighted by Crippen LogP contribution is 2.26. The minimum absolute atomic E-state index is 0.0201. The lowest BCUT2D eigenvalue weighted by Crippen LogP contribution is -2.46. The van der Waals surface area contributed by atoms with Crippen LogP contribution in [0.2, 0.25) is 0 Å². The number of rotatable bonds is 8. The van der Waals surface area contributed by atoms with Crippen LogP contribution >= 0.6 is 0 Å². The SMILES string of the molecule is COC(=O)[C@H](CCN1CCCCC1)NC(=O)CO[C@H]1CCCC[C@H]1C. The number of likely N-dealkylation sites (tertiary alicyclic amines) is 1. The van der Waals surface area contributed by atoms with Crippen molar-refractivity contribution in [3.63, 3.8) is 0 Å². The topological polar surface area (TPSA) is 67.9 Å². The molecule has 0 unspecified atom stereocenters. The molecule has 1 heterocycles. The molecule has 0 aromatic heterocycles. The Morgan fingerprint density at radius 3 is 2.52 bits per heavy atom. The van der Waals surface area contributed by atoms with Gasteiger partial charge in [-0.15, -0.1) is 0 Å². The molecule has 1 N–H and O–H groups in total. The van der Waals surface area contributed by atoms with E-state index >= 15 is 0 Å². The van der Waals surface area contributed by atoms with Crippen LogP contribution in [0, 0.1) is 5.92 Å². The third-order valence-corrected chi connectivity index (χ3v) is 5.46. The zero-order chi connectivity index (χ0) is 18.1. The van der Waals surface area contributed by atoms with Crippen molar-refractivity contribution in [2.75, 3.05) is 33.4 Å². The van der Waals surface area contributed by atoms with Gasteiger partial charge in [0.25, 0.3) is 0 Å². The van der Waals surface area contributed by atoms with E-state index in [1.54, 1.807) is 0 Å². The molecule has 2 fully saturated rings. The van der Waals surface area contributed by atoms with Crippen molar-refractivity contribution in [1.82, 2.24) is 10.2 Å². The molecule has 25 heavy (non-hydrogen) atoms. The van der Waals surface area contributed by atoms with E-state index in [1.165, 1.54) is 32.8 Å². The summed E-state index contributed by atoms with van der Waals surface area (Å²) in [5.74, 6) is -0.111. The standard InChI is InChI=1S/C19H34N2O4/c1-15-8-4-5-9-17(15)25-14-18(22)20-16(19(23)24-2)10-13-21-11-6-3-7-12-21/h15-17H,3-14H2,1-2H3,(H,20,22)/t15-,16+,17+/m1/s1. The third kappa shape index (κ3) is 6.94. The molecule has 0 aromatic rings. The molecule has 2 aliphatic rings. The van der Waals surface area contributed by atoms with Crippen LogP contribution in [0.5, 0.6) is 0 Å². The lowest BCUT2D eigenvalue weighted by atomic mass is 9.88. The van der Waals surface area contributed by atoms with Crippen LogP contribution in [0.4, 0.5) is 0 Å². The summed E-state index contributed by atoms with van der Waals surface area (Å²) in [5.41, 5.74) is 0. The zero-order valence-electron chi connectivity index (χ0n) is 15.8. The number of nitrogens with one attached hydrogen (secondary N) is 1. The van der Waals surface area contributed by atoms with E-state index in [1.807, 2.05) is 0 Å². The molecular weight excluding hydrogens is 320 g/mol. The van der Waals surface area contributed by atoms with Crippen molar-refractivity contribution < 1.29 is 19.1 Å². The van der Waals surface area contributed by atoms with E-state index in [4.69, 9.17) is 9.47 Å². The largest absolute Gasteiger partial charge is 0.467 e. The van der Waals surface area contributed by atoms with Crippen molar-refractivity contribution in [2.45, 2.75) is 70.4 Å². The van der Waals surface area contributed by atoms with Crippen molar-refractivity contribution in [3.05, 3.63) is 0 Å². The number of methoxy groups -OCH3 is 1. The number of hydrogen-bond acceptors (Lipinski definition) is 5. The maximum absolute atomic E-state index is 12.2. The highest BCUT2D eigenvalue weighted by Gasteiger charge is 2.25. The van der Waals surface area contributed by atoms with Gasteiger partial charge in [0.2, 0.25) is 5.91 Å². The van der Waals surface area contributed by atoms with Gasteiger partial charge in [0.05, 0.1) is 13.2 Å². The molecule has 3 atom stereocenters. The van der Waals surface area contributed by atoms with Crippen LogP contribution in [0.1, 0.15) is 58.3 Å². The molecular formula is C19H34N2O4. The Bertz CT molecular complexity index is 424. The van der Waals surface area contributed by atoms with Gasteiger partial charge in [-0.2, -0.15) is 0 Å². The Morgan fingerprint density at radius 2 is 1.84 bits per heavy atom. The summed E-state index contributed by atoms with van der Waals surface area (Å²) >= 11 is 0. The van der Waals surface area contributed by atoms with Crippen LogP contribution in [-0.4, -0.2) is 62.3 Å². The summed E-state index contributed by atoms with van der Waals surface area (Å²) in [7, 11) is 1.36. The summed E-state index contributed by atoms with van der Waals surface area (Å²) in [4.78, 5) is 26.6. The van der Waals surface area contributed by atoms with Crippen LogP contribution in [0.15, 0.2) is 0 Å². The number of piperidine rings is 1. The second-order valence-corrected chi connectivity index (χ2v) is 7.45. The summed E-state index contributed by atoms with van der Waals surface area (Å²) < 4.78 is 10.6. The molecule has 1 amide bonds. The fraction of sp³-hybridized carbons (Fsp3) is 0.895. The Kier molecular flexibility index (Phi) is 8.68. The predicted molar refractivity (Wildman–Crippen MR) is 96.2 cm³/mol. The number of carbonyl (C=O) groups is 2. The molecule has 1 saturated heterocycles. The van der Waals surface area contributed by atoms with Gasteiger partial charge >= 0.3 is 5.97 Å². The average Bonchev–Trinajstić information content (AvgIpc) is 2.64. The molecule has 6 nitrogen and oxygen atoms in total. The normalized spacial score (nSPS) is 26.0. The molecule has 1 saturated carbocycles. The molecule has 1 aliphatic heterocycles. The first-order valence-electron chi connectivity index (χ1n) is 9.81. The quantitative estimate of drug-likeness (QED) is 0.676. The number of nitrogens with zero attached hydrogens (tertiary/aromatic N) is 1. The fourth-order valence-electron chi connectivity index (χ4n) is 3.83. The summed E-state index contributed by atoms with van der Waals surface area (Å²) in [6.45, 7) is 5.15. The Balaban J connectivity index is 1.75. The van der Waals surface area contributed by atoms with E-state index < -0.39 is 6.04 Å². The minimum atomic E-state index is -0.591. The Hall–Kier alpha value is -1.14. The number of esters is 1. The van der Waals surface area contributed by atoms with E-state index in [2.05, 4.69) is 17.1 Å². The zero-order valence-corrected chi connectivity index (χ0v) is 15.8. The lowest BCUT2D eigenvalue weighted by Gasteiger charge is -2.29.